The van der Waals surface area contributed by atoms with E-state index in [-0.39, 0.29) is 11.4 Å². The average molecular weight is 379 g/mol. The van der Waals surface area contributed by atoms with E-state index in [1.54, 1.807) is 6.92 Å². The van der Waals surface area contributed by atoms with Crippen LogP contribution in [0.1, 0.15) is 11.1 Å². The van der Waals surface area contributed by atoms with Crippen molar-refractivity contribution in [1.82, 2.24) is 0 Å². The summed E-state index contributed by atoms with van der Waals surface area (Å²) in [4.78, 5) is 23.3. The molecule has 0 radical (unpaired) electrons. The van der Waals surface area contributed by atoms with E-state index in [1.165, 1.54) is 42.5 Å². The van der Waals surface area contributed by atoms with Gasteiger partial charge in [0.2, 0.25) is 0 Å². The van der Waals surface area contributed by atoms with E-state index in [0.29, 0.717) is 11.1 Å². The molecule has 27 heavy (non-hydrogen) atoms. The zero-order valence-electron chi connectivity index (χ0n) is 14.2. The van der Waals surface area contributed by atoms with Crippen molar-refractivity contribution in [3.05, 3.63) is 65.5 Å². The highest BCUT2D eigenvalue weighted by molar-refractivity contribution is 5.94. The van der Waals surface area contributed by atoms with Crippen molar-refractivity contribution in [1.29, 1.82) is 0 Å². The Hall–Kier alpha value is -3.29. The first-order valence-corrected chi connectivity index (χ1v) is 7.79. The molecule has 2 rings (SSSR count). The first-order valence-electron chi connectivity index (χ1n) is 7.79. The van der Waals surface area contributed by atoms with Gasteiger partial charge in [-0.2, -0.15) is 8.78 Å². The van der Waals surface area contributed by atoms with Gasteiger partial charge in [-0.25, -0.2) is 9.18 Å². The average Bonchev–Trinajstić information content (AvgIpc) is 2.62. The van der Waals surface area contributed by atoms with Crippen molar-refractivity contribution in [3.63, 3.8) is 0 Å². The van der Waals surface area contributed by atoms with E-state index in [0.717, 1.165) is 12.1 Å². The highest BCUT2D eigenvalue weighted by Gasteiger charge is 2.07. The van der Waals surface area contributed by atoms with Crippen LogP contribution in [-0.2, 0) is 14.3 Å². The SMILES string of the molecule is Cc1ccc(NC(=O)COC(=O)/C=C/c2ccc(OC(F)F)cc2)cc1F. The monoisotopic (exact) mass is 379 g/mol. The van der Waals surface area contributed by atoms with Gasteiger partial charge in [0.1, 0.15) is 11.6 Å². The molecular formula is C19H16F3NO4. The fraction of sp³-hybridized carbons (Fsp3) is 0.158. The van der Waals surface area contributed by atoms with Crippen LogP contribution in [0, 0.1) is 12.7 Å². The molecule has 0 fully saturated rings. The first-order chi connectivity index (χ1) is 12.8. The summed E-state index contributed by atoms with van der Waals surface area (Å²) in [5.74, 6) is -1.85. The fourth-order valence-electron chi connectivity index (χ4n) is 1.98. The summed E-state index contributed by atoms with van der Waals surface area (Å²) in [6, 6.07) is 9.80. The number of aryl methyl sites for hydroxylation is 1. The summed E-state index contributed by atoms with van der Waals surface area (Å²) in [6.07, 6.45) is 2.48. The van der Waals surface area contributed by atoms with Crippen molar-refractivity contribution in [2.45, 2.75) is 13.5 Å². The number of ether oxygens (including phenoxy) is 2. The van der Waals surface area contributed by atoms with Crippen LogP contribution in [-0.4, -0.2) is 25.1 Å². The molecule has 0 aliphatic carbocycles. The largest absolute Gasteiger partial charge is 0.452 e. The van der Waals surface area contributed by atoms with Gasteiger partial charge < -0.3 is 14.8 Å². The maximum atomic E-state index is 13.4. The lowest BCUT2D eigenvalue weighted by molar-refractivity contribution is -0.142. The van der Waals surface area contributed by atoms with Crippen molar-refractivity contribution < 1.29 is 32.2 Å². The summed E-state index contributed by atoms with van der Waals surface area (Å²) >= 11 is 0. The van der Waals surface area contributed by atoms with Crippen LogP contribution in [0.2, 0.25) is 0 Å². The lowest BCUT2D eigenvalue weighted by Crippen LogP contribution is -2.20. The number of esters is 1. The highest BCUT2D eigenvalue weighted by Crippen LogP contribution is 2.16. The minimum absolute atomic E-state index is 0.00561. The molecule has 2 aromatic carbocycles. The number of halogens is 3. The second kappa shape index (κ2) is 9.42. The number of hydrogen-bond donors (Lipinski definition) is 1. The molecule has 5 nitrogen and oxygen atoms in total. The quantitative estimate of drug-likeness (QED) is 0.585. The Balaban J connectivity index is 1.80. The van der Waals surface area contributed by atoms with Gasteiger partial charge in [0.05, 0.1) is 0 Å². The second-order valence-corrected chi connectivity index (χ2v) is 5.40. The minimum atomic E-state index is -2.91. The summed E-state index contributed by atoms with van der Waals surface area (Å²) in [6.45, 7) is -1.86. The van der Waals surface area contributed by atoms with Crippen LogP contribution in [0.15, 0.2) is 48.5 Å². The predicted octanol–water partition coefficient (Wildman–Crippen LogP) is 3.93. The van der Waals surface area contributed by atoms with Gasteiger partial charge >= 0.3 is 12.6 Å². The zero-order valence-corrected chi connectivity index (χ0v) is 14.2. The lowest BCUT2D eigenvalue weighted by Gasteiger charge is -2.06. The van der Waals surface area contributed by atoms with Crippen LogP contribution < -0.4 is 10.1 Å². The van der Waals surface area contributed by atoms with Gasteiger partial charge in [-0.3, -0.25) is 4.79 Å². The Morgan fingerprint density at radius 3 is 2.48 bits per heavy atom. The standard InChI is InChI=1S/C19H16F3NO4/c1-12-2-6-14(10-16(12)20)23-17(24)11-26-18(25)9-5-13-3-7-15(8-4-13)27-19(21)22/h2-10,19H,11H2,1H3,(H,23,24)/b9-5+. The molecule has 2 aromatic rings. The third-order valence-electron chi connectivity index (χ3n) is 3.32. The molecule has 0 saturated carbocycles. The van der Waals surface area contributed by atoms with Crippen molar-refractivity contribution in [2.75, 3.05) is 11.9 Å². The number of benzene rings is 2. The van der Waals surface area contributed by atoms with Crippen LogP contribution in [0.3, 0.4) is 0 Å². The van der Waals surface area contributed by atoms with Crippen molar-refractivity contribution >= 4 is 23.6 Å². The Morgan fingerprint density at radius 2 is 1.85 bits per heavy atom. The second-order valence-electron chi connectivity index (χ2n) is 5.40. The van der Waals surface area contributed by atoms with Gasteiger partial charge in [0.25, 0.3) is 5.91 Å². The lowest BCUT2D eigenvalue weighted by atomic mass is 10.2. The van der Waals surface area contributed by atoms with E-state index in [4.69, 9.17) is 4.74 Å². The molecule has 0 aromatic heterocycles. The molecule has 0 atom stereocenters. The van der Waals surface area contributed by atoms with Crippen LogP contribution in [0.25, 0.3) is 6.08 Å². The number of amides is 1. The van der Waals surface area contributed by atoms with Gasteiger partial charge in [-0.05, 0) is 48.4 Å². The number of carbonyl (C=O) groups is 2. The molecule has 0 saturated heterocycles. The number of hydrogen-bond acceptors (Lipinski definition) is 4. The van der Waals surface area contributed by atoms with Crippen LogP contribution in [0.4, 0.5) is 18.9 Å². The Labute approximate surface area is 153 Å². The molecular weight excluding hydrogens is 363 g/mol. The third kappa shape index (κ3) is 6.85. The number of carbonyl (C=O) groups excluding carboxylic acids is 2. The van der Waals surface area contributed by atoms with Crippen LogP contribution >= 0.6 is 0 Å². The molecule has 0 aliphatic rings. The van der Waals surface area contributed by atoms with Gasteiger partial charge in [-0.1, -0.05) is 18.2 Å². The topological polar surface area (TPSA) is 64.6 Å². The number of rotatable bonds is 7. The Kier molecular flexibility index (Phi) is 6.99. The van der Waals surface area contributed by atoms with Gasteiger partial charge in [0.15, 0.2) is 6.61 Å². The maximum Gasteiger partial charge on any atom is 0.387 e. The third-order valence-corrected chi connectivity index (χ3v) is 3.32. The van der Waals surface area contributed by atoms with Crippen molar-refractivity contribution in [3.8, 4) is 5.75 Å². The summed E-state index contributed by atoms with van der Waals surface area (Å²) in [7, 11) is 0. The predicted molar refractivity (Wildman–Crippen MR) is 92.8 cm³/mol. The highest BCUT2D eigenvalue weighted by atomic mass is 19.3. The first kappa shape index (κ1) is 20.0. The molecule has 8 heteroatoms. The fourth-order valence-corrected chi connectivity index (χ4v) is 1.98. The van der Waals surface area contributed by atoms with E-state index in [9.17, 15) is 22.8 Å². The number of alkyl halides is 2. The molecule has 0 aliphatic heterocycles. The smallest absolute Gasteiger partial charge is 0.387 e. The van der Waals surface area contributed by atoms with E-state index in [2.05, 4.69) is 10.1 Å². The van der Waals surface area contributed by atoms with Crippen molar-refractivity contribution in [2.24, 2.45) is 0 Å². The van der Waals surface area contributed by atoms with Crippen LogP contribution in [0.5, 0.6) is 5.75 Å². The van der Waals surface area contributed by atoms with E-state index in [1.807, 2.05) is 0 Å². The maximum absolute atomic E-state index is 13.4. The molecule has 142 valence electrons. The van der Waals surface area contributed by atoms with E-state index < -0.39 is 30.9 Å². The summed E-state index contributed by atoms with van der Waals surface area (Å²) in [5.41, 5.74) is 1.24. The molecule has 0 bridgehead atoms. The Morgan fingerprint density at radius 1 is 1.15 bits per heavy atom. The molecule has 1 amide bonds. The molecule has 0 unspecified atom stereocenters. The minimum Gasteiger partial charge on any atom is -0.452 e. The van der Waals surface area contributed by atoms with E-state index >= 15 is 0 Å². The zero-order chi connectivity index (χ0) is 19.8. The normalized spacial score (nSPS) is 10.9. The molecule has 0 spiro atoms. The molecule has 0 heterocycles. The van der Waals surface area contributed by atoms with Gasteiger partial charge in [0, 0.05) is 11.8 Å². The summed E-state index contributed by atoms with van der Waals surface area (Å²) in [5, 5.41) is 2.41. The summed E-state index contributed by atoms with van der Waals surface area (Å²) < 4.78 is 46.5. The van der Waals surface area contributed by atoms with Gasteiger partial charge in [-0.15, -0.1) is 0 Å². The number of anilines is 1. The number of nitrogens with one attached hydrogen (secondary N) is 1. The molecule has 1 N–H and O–H groups in total. The Bertz CT molecular complexity index is 835.